The minimum Gasteiger partial charge on any atom is -0.340 e. The fraction of sp³-hybridized carbons (Fsp3) is 0.950. The number of fused-ring (bicyclic) bond motifs is 2. The Balaban J connectivity index is 0.00000169. The maximum atomic E-state index is 13.0. The van der Waals surface area contributed by atoms with E-state index in [-0.39, 0.29) is 30.7 Å². The predicted octanol–water partition coefficient (Wildman–Crippen LogP) is 3.56. The largest absolute Gasteiger partial charge is 0.340 e. The minimum absolute atomic E-state index is 0. The minimum atomic E-state index is 0. The fourth-order valence-corrected chi connectivity index (χ4v) is 4.93. The summed E-state index contributed by atoms with van der Waals surface area (Å²) in [7, 11) is 0. The van der Waals surface area contributed by atoms with Crippen LogP contribution in [0.4, 0.5) is 0 Å². The van der Waals surface area contributed by atoms with E-state index < -0.39 is 0 Å². The van der Waals surface area contributed by atoms with E-state index in [0.29, 0.717) is 29.2 Å². The van der Waals surface area contributed by atoms with Gasteiger partial charge < -0.3 is 10.6 Å². The van der Waals surface area contributed by atoms with Crippen LogP contribution in [0.1, 0.15) is 59.3 Å². The van der Waals surface area contributed by atoms with Crippen molar-refractivity contribution in [3.63, 3.8) is 0 Å². The quantitative estimate of drug-likeness (QED) is 0.777. The smallest absolute Gasteiger partial charge is 0.225 e. The number of hydrogen-bond donors (Lipinski definition) is 1. The Morgan fingerprint density at radius 3 is 2.04 bits per heavy atom. The van der Waals surface area contributed by atoms with Crippen LogP contribution in [0.2, 0.25) is 0 Å². The fourth-order valence-electron chi connectivity index (χ4n) is 4.93. The molecule has 26 heavy (non-hydrogen) atoms. The van der Waals surface area contributed by atoms with Gasteiger partial charge in [-0.3, -0.25) is 9.69 Å². The molecule has 3 fully saturated rings. The summed E-state index contributed by atoms with van der Waals surface area (Å²) in [6.45, 7) is 12.0. The number of piperazine rings is 1. The number of nitrogens with zero attached hydrogens (tertiary/aromatic N) is 2. The zero-order valence-corrected chi connectivity index (χ0v) is 18.4. The Kier molecular flexibility index (Phi) is 9.19. The molecule has 0 aromatic rings. The van der Waals surface area contributed by atoms with Gasteiger partial charge in [0.25, 0.3) is 0 Å². The summed E-state index contributed by atoms with van der Waals surface area (Å²) < 4.78 is 0. The zero-order chi connectivity index (χ0) is 17.3. The molecular weight excluding hydrogens is 369 g/mol. The average Bonchev–Trinajstić information content (AvgIpc) is 2.52. The van der Waals surface area contributed by atoms with E-state index in [4.69, 9.17) is 5.73 Å². The van der Waals surface area contributed by atoms with Crippen molar-refractivity contribution in [3.05, 3.63) is 0 Å². The van der Waals surface area contributed by atoms with Crippen molar-refractivity contribution in [2.75, 3.05) is 32.7 Å². The zero-order valence-electron chi connectivity index (χ0n) is 16.8. The van der Waals surface area contributed by atoms with Crippen LogP contribution in [0.3, 0.4) is 0 Å². The van der Waals surface area contributed by atoms with Gasteiger partial charge in [0.05, 0.1) is 0 Å². The van der Waals surface area contributed by atoms with Gasteiger partial charge >= 0.3 is 0 Å². The summed E-state index contributed by atoms with van der Waals surface area (Å²) in [6, 6.07) is 0.358. The summed E-state index contributed by atoms with van der Waals surface area (Å²) in [5.74, 6) is 1.87. The molecule has 4 nitrogen and oxygen atoms in total. The Hall–Kier alpha value is -0.0300. The third-order valence-electron chi connectivity index (χ3n) is 6.62. The maximum Gasteiger partial charge on any atom is 0.225 e. The molecule has 2 atom stereocenters. The topological polar surface area (TPSA) is 49.6 Å². The highest BCUT2D eigenvalue weighted by Gasteiger charge is 2.41. The summed E-state index contributed by atoms with van der Waals surface area (Å²) in [4.78, 5) is 17.7. The van der Waals surface area contributed by atoms with E-state index in [1.807, 2.05) is 0 Å². The van der Waals surface area contributed by atoms with Crippen molar-refractivity contribution in [2.24, 2.45) is 28.9 Å². The number of halogens is 2. The van der Waals surface area contributed by atoms with Crippen LogP contribution in [0, 0.1) is 23.2 Å². The monoisotopic (exact) mass is 407 g/mol. The van der Waals surface area contributed by atoms with Crippen LogP contribution in [0.25, 0.3) is 0 Å². The van der Waals surface area contributed by atoms with E-state index in [1.54, 1.807) is 0 Å². The van der Waals surface area contributed by atoms with Crippen molar-refractivity contribution in [2.45, 2.75) is 65.3 Å². The molecule has 2 bridgehead atoms. The molecule has 2 aliphatic carbocycles. The lowest BCUT2D eigenvalue weighted by Gasteiger charge is -2.45. The molecule has 2 unspecified atom stereocenters. The van der Waals surface area contributed by atoms with Crippen LogP contribution >= 0.6 is 24.8 Å². The highest BCUT2D eigenvalue weighted by Crippen LogP contribution is 2.42. The Bertz CT molecular complexity index is 433. The van der Waals surface area contributed by atoms with Crippen molar-refractivity contribution >= 4 is 30.7 Å². The Morgan fingerprint density at radius 1 is 1.00 bits per heavy atom. The van der Waals surface area contributed by atoms with Crippen LogP contribution in [-0.2, 0) is 4.79 Å². The summed E-state index contributed by atoms with van der Waals surface area (Å²) in [6.07, 6.45) is 7.10. The first-order chi connectivity index (χ1) is 11.3. The van der Waals surface area contributed by atoms with Crippen LogP contribution < -0.4 is 5.73 Å². The second kappa shape index (κ2) is 9.95. The highest BCUT2D eigenvalue weighted by molar-refractivity contribution is 5.85. The van der Waals surface area contributed by atoms with Crippen LogP contribution in [-0.4, -0.2) is 54.5 Å². The summed E-state index contributed by atoms with van der Waals surface area (Å²) >= 11 is 0. The van der Waals surface area contributed by atoms with Gasteiger partial charge in [-0.2, -0.15) is 0 Å². The number of nitrogens with two attached hydrogens (primary N) is 1. The average molecular weight is 408 g/mol. The molecular formula is C20H39Cl2N3O. The van der Waals surface area contributed by atoms with Gasteiger partial charge in [0.1, 0.15) is 0 Å². The standard InChI is InChI=1S/C20H37N3O.2ClH/c1-20(2,3)7-8-22-9-11-23(12-10-22)19(24)17-13-15-5-4-6-16(14-17)18(15)21;;/h15-18H,4-14,21H2,1-3H3;2*1H. The molecule has 3 rings (SSSR count). The van der Waals surface area contributed by atoms with Gasteiger partial charge in [-0.05, 0) is 55.9 Å². The highest BCUT2D eigenvalue weighted by atomic mass is 35.5. The number of hydrogen-bond acceptors (Lipinski definition) is 3. The van der Waals surface area contributed by atoms with Crippen LogP contribution in [0.5, 0.6) is 0 Å². The maximum absolute atomic E-state index is 13.0. The molecule has 154 valence electrons. The van der Waals surface area contributed by atoms with E-state index in [0.717, 1.165) is 45.6 Å². The number of carbonyl (C=O) groups excluding carboxylic acids is 1. The van der Waals surface area contributed by atoms with Gasteiger partial charge in [0.15, 0.2) is 0 Å². The molecule has 3 aliphatic rings. The van der Waals surface area contributed by atoms with Gasteiger partial charge in [-0.15, -0.1) is 24.8 Å². The second-order valence-corrected chi connectivity index (χ2v) is 9.67. The lowest BCUT2D eigenvalue weighted by molar-refractivity contribution is -0.140. The third kappa shape index (κ3) is 5.98. The first-order valence-corrected chi connectivity index (χ1v) is 10.1. The molecule has 1 amide bonds. The second-order valence-electron chi connectivity index (χ2n) is 9.67. The van der Waals surface area contributed by atoms with E-state index in [2.05, 4.69) is 30.6 Å². The van der Waals surface area contributed by atoms with Crippen molar-refractivity contribution in [1.29, 1.82) is 0 Å². The molecule has 1 aliphatic heterocycles. The van der Waals surface area contributed by atoms with E-state index >= 15 is 0 Å². The summed E-state index contributed by atoms with van der Waals surface area (Å²) in [5, 5.41) is 0. The number of amides is 1. The van der Waals surface area contributed by atoms with Crippen molar-refractivity contribution in [3.8, 4) is 0 Å². The Morgan fingerprint density at radius 2 is 1.54 bits per heavy atom. The van der Waals surface area contributed by atoms with Gasteiger partial charge in [-0.1, -0.05) is 27.2 Å². The molecule has 2 N–H and O–H groups in total. The van der Waals surface area contributed by atoms with Gasteiger partial charge in [-0.25, -0.2) is 0 Å². The molecule has 0 radical (unpaired) electrons. The van der Waals surface area contributed by atoms with E-state index in [1.165, 1.54) is 25.7 Å². The molecule has 0 spiro atoms. The molecule has 1 heterocycles. The lowest BCUT2D eigenvalue weighted by atomic mass is 9.65. The lowest BCUT2D eigenvalue weighted by Crippen LogP contribution is -2.53. The van der Waals surface area contributed by atoms with Crippen molar-refractivity contribution in [1.82, 2.24) is 9.80 Å². The molecule has 6 heteroatoms. The first kappa shape index (κ1) is 24.0. The molecule has 0 aromatic carbocycles. The number of rotatable bonds is 3. The van der Waals surface area contributed by atoms with Gasteiger partial charge in [0, 0.05) is 38.1 Å². The van der Waals surface area contributed by atoms with Crippen molar-refractivity contribution < 1.29 is 4.79 Å². The molecule has 1 saturated heterocycles. The molecule has 0 aromatic heterocycles. The van der Waals surface area contributed by atoms with Crippen LogP contribution in [0.15, 0.2) is 0 Å². The number of carbonyl (C=O) groups is 1. The van der Waals surface area contributed by atoms with E-state index in [9.17, 15) is 4.79 Å². The Labute approximate surface area is 172 Å². The SMILES string of the molecule is CC(C)(C)CCN1CCN(C(=O)C2CC3CCCC(C2)C3N)CC1.Cl.Cl. The van der Waals surface area contributed by atoms with Gasteiger partial charge in [0.2, 0.25) is 5.91 Å². The first-order valence-electron chi connectivity index (χ1n) is 10.1. The summed E-state index contributed by atoms with van der Waals surface area (Å²) in [5.41, 5.74) is 6.77. The predicted molar refractivity (Wildman–Crippen MR) is 113 cm³/mol. The third-order valence-corrected chi connectivity index (χ3v) is 6.62. The molecule has 2 saturated carbocycles. The normalized spacial score (nSPS) is 32.4.